The highest BCUT2D eigenvalue weighted by Gasteiger charge is 2.16. The first-order valence-corrected chi connectivity index (χ1v) is 14.3. The van der Waals surface area contributed by atoms with Gasteiger partial charge in [-0.2, -0.15) is 0 Å². The van der Waals surface area contributed by atoms with Crippen LogP contribution >= 0.6 is 23.1 Å². The van der Waals surface area contributed by atoms with Crippen LogP contribution in [0, 0.1) is 6.92 Å². The van der Waals surface area contributed by atoms with E-state index in [0.29, 0.717) is 34.2 Å². The van der Waals surface area contributed by atoms with Gasteiger partial charge in [-0.05, 0) is 37.6 Å². The van der Waals surface area contributed by atoms with Gasteiger partial charge in [-0.1, -0.05) is 48.2 Å². The molecule has 208 valence electrons. The van der Waals surface area contributed by atoms with Gasteiger partial charge in [0, 0.05) is 23.1 Å². The number of hydrogen-bond acceptors (Lipinski definition) is 9. The molecular formula is C28H30N6O4S2. The summed E-state index contributed by atoms with van der Waals surface area (Å²) in [6, 6.07) is 15.3. The molecule has 4 rings (SSSR count). The molecule has 2 N–H and O–H groups in total. The molecule has 0 bridgehead atoms. The van der Waals surface area contributed by atoms with Crippen molar-refractivity contribution in [2.45, 2.75) is 32.1 Å². The first-order chi connectivity index (χ1) is 19.4. The summed E-state index contributed by atoms with van der Waals surface area (Å²) in [6.45, 7) is 4.73. The standard InChI is InChI=1S/C28H30N6O4S2/c1-5-34-23(16-29-24(35)14-12-19-11-13-21(37-3)22(15-19)38-4)32-33-28(34)39-17-25(36)30-27-31-26(18(2)40-27)20-9-7-6-8-10-20/h6-15H,5,16-17H2,1-4H3,(H,29,35)(H,30,31,36). The zero-order valence-corrected chi connectivity index (χ0v) is 24.3. The second-order valence-electron chi connectivity index (χ2n) is 8.44. The molecule has 0 spiro atoms. The maximum Gasteiger partial charge on any atom is 0.244 e. The summed E-state index contributed by atoms with van der Waals surface area (Å²) in [5.74, 6) is 1.49. The minimum atomic E-state index is -0.275. The molecule has 2 aromatic carbocycles. The molecule has 0 aliphatic rings. The number of benzene rings is 2. The predicted octanol–water partition coefficient (Wildman–Crippen LogP) is 4.81. The minimum absolute atomic E-state index is 0.151. The molecule has 10 nitrogen and oxygen atoms in total. The molecule has 0 aliphatic heterocycles. The van der Waals surface area contributed by atoms with Crippen molar-refractivity contribution in [2.24, 2.45) is 0 Å². The van der Waals surface area contributed by atoms with Crippen molar-refractivity contribution in [3.8, 4) is 22.8 Å². The van der Waals surface area contributed by atoms with Crippen LogP contribution in [0.3, 0.4) is 0 Å². The smallest absolute Gasteiger partial charge is 0.244 e. The zero-order valence-electron chi connectivity index (χ0n) is 22.6. The molecule has 0 saturated heterocycles. The molecule has 0 radical (unpaired) electrons. The molecule has 4 aromatic rings. The summed E-state index contributed by atoms with van der Waals surface area (Å²) < 4.78 is 12.4. The van der Waals surface area contributed by atoms with E-state index in [-0.39, 0.29) is 24.1 Å². The predicted molar refractivity (Wildman–Crippen MR) is 158 cm³/mol. The van der Waals surface area contributed by atoms with E-state index in [1.807, 2.05) is 54.8 Å². The van der Waals surface area contributed by atoms with Crippen molar-refractivity contribution in [1.29, 1.82) is 0 Å². The van der Waals surface area contributed by atoms with Crippen LogP contribution in [0.2, 0.25) is 0 Å². The lowest BCUT2D eigenvalue weighted by atomic mass is 10.1. The highest BCUT2D eigenvalue weighted by molar-refractivity contribution is 7.99. The van der Waals surface area contributed by atoms with Crippen molar-refractivity contribution in [3.05, 3.63) is 70.9 Å². The average Bonchev–Trinajstić information content (AvgIpc) is 3.55. The van der Waals surface area contributed by atoms with Gasteiger partial charge in [0.1, 0.15) is 0 Å². The Morgan fingerprint density at radius 2 is 1.85 bits per heavy atom. The molecule has 0 saturated carbocycles. The van der Waals surface area contributed by atoms with Crippen LogP contribution in [0.5, 0.6) is 11.5 Å². The Hall–Kier alpha value is -4.16. The van der Waals surface area contributed by atoms with Crippen LogP contribution in [-0.2, 0) is 22.7 Å². The normalized spacial score (nSPS) is 11.0. The number of aromatic nitrogens is 4. The molecule has 40 heavy (non-hydrogen) atoms. The van der Waals surface area contributed by atoms with Gasteiger partial charge in [-0.25, -0.2) is 4.98 Å². The summed E-state index contributed by atoms with van der Waals surface area (Å²) in [6.07, 6.45) is 3.13. The number of amides is 2. The Kier molecular flexibility index (Phi) is 9.92. The topological polar surface area (TPSA) is 120 Å². The fourth-order valence-electron chi connectivity index (χ4n) is 3.83. The molecule has 0 fully saturated rings. The van der Waals surface area contributed by atoms with Crippen molar-refractivity contribution < 1.29 is 19.1 Å². The summed E-state index contributed by atoms with van der Waals surface area (Å²) in [5, 5.41) is 15.3. The van der Waals surface area contributed by atoms with Crippen molar-refractivity contribution in [1.82, 2.24) is 25.1 Å². The van der Waals surface area contributed by atoms with Gasteiger partial charge >= 0.3 is 0 Å². The average molecular weight is 579 g/mol. The van der Waals surface area contributed by atoms with Crippen molar-refractivity contribution in [3.63, 3.8) is 0 Å². The molecule has 0 atom stereocenters. The largest absolute Gasteiger partial charge is 0.493 e. The quantitative estimate of drug-likeness (QED) is 0.182. The van der Waals surface area contributed by atoms with Gasteiger partial charge in [-0.15, -0.1) is 21.5 Å². The molecule has 2 amide bonds. The Morgan fingerprint density at radius 1 is 1.07 bits per heavy atom. The summed E-state index contributed by atoms with van der Waals surface area (Å²) in [7, 11) is 3.13. The third kappa shape index (κ3) is 7.27. The van der Waals surface area contributed by atoms with Gasteiger partial charge in [0.25, 0.3) is 0 Å². The van der Waals surface area contributed by atoms with E-state index < -0.39 is 0 Å². The highest BCUT2D eigenvalue weighted by atomic mass is 32.2. The molecule has 0 aliphatic carbocycles. The second-order valence-corrected chi connectivity index (χ2v) is 10.6. The highest BCUT2D eigenvalue weighted by Crippen LogP contribution is 2.30. The molecule has 2 aromatic heterocycles. The van der Waals surface area contributed by atoms with E-state index in [1.54, 1.807) is 32.4 Å². The van der Waals surface area contributed by atoms with Gasteiger partial charge < -0.3 is 24.7 Å². The van der Waals surface area contributed by atoms with Gasteiger partial charge in [0.2, 0.25) is 11.8 Å². The number of carbonyl (C=O) groups is 2. The van der Waals surface area contributed by atoms with Crippen LogP contribution in [0.4, 0.5) is 5.13 Å². The lowest BCUT2D eigenvalue weighted by Crippen LogP contribution is -2.22. The molecule has 12 heteroatoms. The van der Waals surface area contributed by atoms with Crippen molar-refractivity contribution >= 4 is 46.1 Å². The fourth-order valence-corrected chi connectivity index (χ4v) is 5.50. The van der Waals surface area contributed by atoms with E-state index in [9.17, 15) is 9.59 Å². The Balaban J connectivity index is 1.30. The zero-order chi connectivity index (χ0) is 28.5. The van der Waals surface area contributed by atoms with Crippen LogP contribution < -0.4 is 20.1 Å². The molecule has 2 heterocycles. The van der Waals surface area contributed by atoms with E-state index >= 15 is 0 Å². The van der Waals surface area contributed by atoms with Gasteiger partial charge in [-0.3, -0.25) is 9.59 Å². The lowest BCUT2D eigenvalue weighted by molar-refractivity contribution is -0.116. The Morgan fingerprint density at radius 3 is 2.58 bits per heavy atom. The van der Waals surface area contributed by atoms with Crippen molar-refractivity contribution in [2.75, 3.05) is 25.3 Å². The number of methoxy groups -OCH3 is 2. The van der Waals surface area contributed by atoms with Gasteiger partial charge in [0.15, 0.2) is 27.6 Å². The number of thiazole rings is 1. The number of thioether (sulfide) groups is 1. The Bertz CT molecular complexity index is 1500. The third-order valence-electron chi connectivity index (χ3n) is 5.79. The Labute approximate surface area is 240 Å². The number of nitrogens with one attached hydrogen (secondary N) is 2. The number of hydrogen-bond donors (Lipinski definition) is 2. The maximum atomic E-state index is 12.6. The first kappa shape index (κ1) is 28.8. The number of aryl methyl sites for hydroxylation is 1. The van der Waals surface area contributed by atoms with Crippen LogP contribution in [-0.4, -0.2) is 51.5 Å². The van der Waals surface area contributed by atoms with E-state index in [2.05, 4.69) is 25.8 Å². The number of anilines is 1. The van der Waals surface area contributed by atoms with Crippen LogP contribution in [0.1, 0.15) is 23.2 Å². The minimum Gasteiger partial charge on any atom is -0.493 e. The second kappa shape index (κ2) is 13.8. The van der Waals surface area contributed by atoms with Crippen LogP contribution in [0.15, 0.2) is 59.8 Å². The van der Waals surface area contributed by atoms with E-state index in [4.69, 9.17) is 9.47 Å². The SMILES string of the molecule is CCn1c(CNC(=O)C=Cc2ccc(OC)c(OC)c2)nnc1SCC(=O)Nc1nc(-c2ccccc2)c(C)s1. The van der Waals surface area contributed by atoms with Crippen LogP contribution in [0.25, 0.3) is 17.3 Å². The maximum absolute atomic E-state index is 12.6. The van der Waals surface area contributed by atoms with E-state index in [1.165, 1.54) is 29.2 Å². The number of nitrogens with zero attached hydrogens (tertiary/aromatic N) is 4. The van der Waals surface area contributed by atoms with E-state index in [0.717, 1.165) is 21.7 Å². The summed E-state index contributed by atoms with van der Waals surface area (Å²) >= 11 is 2.72. The molecular weight excluding hydrogens is 548 g/mol. The molecule has 0 unspecified atom stereocenters. The third-order valence-corrected chi connectivity index (χ3v) is 7.64. The summed E-state index contributed by atoms with van der Waals surface area (Å²) in [5.41, 5.74) is 2.67. The lowest BCUT2D eigenvalue weighted by Gasteiger charge is -2.08. The fraction of sp³-hybridized carbons (Fsp3) is 0.250. The number of carbonyl (C=O) groups excluding carboxylic acids is 2. The number of ether oxygens (including phenoxy) is 2. The summed E-state index contributed by atoms with van der Waals surface area (Å²) in [4.78, 5) is 30.7. The van der Waals surface area contributed by atoms with Gasteiger partial charge in [0.05, 0.1) is 32.2 Å². The number of rotatable bonds is 12. The first-order valence-electron chi connectivity index (χ1n) is 12.5. The monoisotopic (exact) mass is 578 g/mol.